The second-order valence-electron chi connectivity index (χ2n) is 3.69. The first-order chi connectivity index (χ1) is 7.68. The van der Waals surface area contributed by atoms with Crippen LogP contribution in [0.15, 0.2) is 18.2 Å². The van der Waals surface area contributed by atoms with E-state index in [-0.39, 0.29) is 5.91 Å². The normalized spacial score (nSPS) is 16.6. The van der Waals surface area contributed by atoms with E-state index in [1.165, 1.54) is 0 Å². The van der Waals surface area contributed by atoms with E-state index < -0.39 is 0 Å². The van der Waals surface area contributed by atoms with Crippen LogP contribution < -0.4 is 5.32 Å². The van der Waals surface area contributed by atoms with Gasteiger partial charge in [-0.25, -0.2) is 0 Å². The third-order valence-electron chi connectivity index (χ3n) is 2.60. The zero-order valence-electron chi connectivity index (χ0n) is 8.67. The van der Waals surface area contributed by atoms with E-state index in [2.05, 4.69) is 5.32 Å². The van der Waals surface area contributed by atoms with E-state index in [1.807, 2.05) is 0 Å². The lowest BCUT2D eigenvalue weighted by atomic mass is 10.2. The van der Waals surface area contributed by atoms with E-state index in [0.717, 1.165) is 12.1 Å². The highest BCUT2D eigenvalue weighted by Gasteiger charge is 2.19. The molecule has 0 unspecified atom stereocenters. The third-order valence-corrected chi connectivity index (χ3v) is 3.31. The molecule has 16 heavy (non-hydrogen) atoms. The first kappa shape index (κ1) is 11.7. The van der Waals surface area contributed by atoms with Gasteiger partial charge in [0.1, 0.15) is 0 Å². The van der Waals surface area contributed by atoms with Crippen molar-refractivity contribution in [3.8, 4) is 0 Å². The highest BCUT2D eigenvalue weighted by atomic mass is 35.5. The lowest BCUT2D eigenvalue weighted by Crippen LogP contribution is -2.47. The number of nitrogens with one attached hydrogen (secondary N) is 1. The van der Waals surface area contributed by atoms with Gasteiger partial charge in [-0.05, 0) is 12.1 Å². The summed E-state index contributed by atoms with van der Waals surface area (Å²) in [5.74, 6) is 0.0854. The van der Waals surface area contributed by atoms with Crippen LogP contribution in [0.4, 0.5) is 0 Å². The van der Waals surface area contributed by atoms with Gasteiger partial charge in [0.2, 0.25) is 5.91 Å². The number of hydrogen-bond donors (Lipinski definition) is 1. The van der Waals surface area contributed by atoms with Gasteiger partial charge in [-0.15, -0.1) is 0 Å². The van der Waals surface area contributed by atoms with E-state index >= 15 is 0 Å². The molecular weight excluding hydrogens is 247 g/mol. The molecule has 1 aliphatic rings. The van der Waals surface area contributed by atoms with Gasteiger partial charge < -0.3 is 10.2 Å². The number of amides is 1. The molecule has 0 radical (unpaired) electrons. The first-order valence-electron chi connectivity index (χ1n) is 5.10. The Balaban J connectivity index is 2.16. The van der Waals surface area contributed by atoms with Gasteiger partial charge >= 0.3 is 0 Å². The van der Waals surface area contributed by atoms with Crippen LogP contribution in [0.3, 0.4) is 0 Å². The maximum atomic E-state index is 11.6. The Morgan fingerprint density at radius 3 is 2.62 bits per heavy atom. The van der Waals surface area contributed by atoms with Gasteiger partial charge in [-0.1, -0.05) is 29.3 Å². The molecular formula is C11H12Cl2N2O. The molecule has 0 aromatic heterocycles. The Hall–Kier alpha value is -0.770. The molecule has 0 spiro atoms. The fraction of sp³-hybridized carbons (Fsp3) is 0.364. The van der Waals surface area contributed by atoms with Crippen LogP contribution in [0.1, 0.15) is 5.56 Å². The Bertz CT molecular complexity index is 389. The number of rotatable bonds is 2. The molecule has 2 rings (SSSR count). The maximum absolute atomic E-state index is 11.6. The van der Waals surface area contributed by atoms with E-state index in [4.69, 9.17) is 23.2 Å². The number of carbonyl (C=O) groups excluding carboxylic acids is 1. The van der Waals surface area contributed by atoms with Gasteiger partial charge in [0, 0.05) is 35.2 Å². The molecule has 0 saturated carbocycles. The van der Waals surface area contributed by atoms with Crippen molar-refractivity contribution in [2.24, 2.45) is 0 Å². The van der Waals surface area contributed by atoms with Crippen molar-refractivity contribution < 1.29 is 4.79 Å². The summed E-state index contributed by atoms with van der Waals surface area (Å²) in [6, 6.07) is 5.37. The topological polar surface area (TPSA) is 32.3 Å². The SMILES string of the molecule is O=C1CNCCN1Cc1c(Cl)cccc1Cl. The second kappa shape index (κ2) is 5.04. The smallest absolute Gasteiger partial charge is 0.236 e. The fourth-order valence-corrected chi connectivity index (χ4v) is 2.20. The van der Waals surface area contributed by atoms with Crippen molar-refractivity contribution in [3.05, 3.63) is 33.8 Å². The molecule has 3 nitrogen and oxygen atoms in total. The number of carbonyl (C=O) groups is 1. The molecule has 0 aliphatic carbocycles. The standard InChI is InChI=1S/C11H12Cl2N2O/c12-9-2-1-3-10(13)8(9)7-15-5-4-14-6-11(15)16/h1-3,14H,4-7H2. The summed E-state index contributed by atoms with van der Waals surface area (Å²) in [5, 5.41) is 4.24. The minimum atomic E-state index is 0.0854. The summed E-state index contributed by atoms with van der Waals surface area (Å²) < 4.78 is 0. The number of hydrogen-bond acceptors (Lipinski definition) is 2. The van der Waals surface area contributed by atoms with Crippen LogP contribution in [-0.2, 0) is 11.3 Å². The van der Waals surface area contributed by atoms with Crippen molar-refractivity contribution >= 4 is 29.1 Å². The van der Waals surface area contributed by atoms with E-state index in [9.17, 15) is 4.79 Å². The number of halogens is 2. The minimum absolute atomic E-state index is 0.0854. The molecule has 1 fully saturated rings. The summed E-state index contributed by atoms with van der Waals surface area (Å²) in [6.07, 6.45) is 0. The summed E-state index contributed by atoms with van der Waals surface area (Å²) in [6.45, 7) is 2.38. The number of benzene rings is 1. The van der Waals surface area contributed by atoms with Crippen LogP contribution in [0.2, 0.25) is 10.0 Å². The van der Waals surface area contributed by atoms with Crippen LogP contribution in [0, 0.1) is 0 Å². The molecule has 1 aromatic rings. The monoisotopic (exact) mass is 258 g/mol. The number of nitrogens with zero attached hydrogens (tertiary/aromatic N) is 1. The summed E-state index contributed by atoms with van der Waals surface area (Å²) in [5.41, 5.74) is 0.820. The fourth-order valence-electron chi connectivity index (χ4n) is 1.69. The molecule has 1 N–H and O–H groups in total. The molecule has 0 bridgehead atoms. The largest absolute Gasteiger partial charge is 0.336 e. The second-order valence-corrected chi connectivity index (χ2v) is 4.51. The summed E-state index contributed by atoms with van der Waals surface area (Å²) >= 11 is 12.1. The van der Waals surface area contributed by atoms with Crippen molar-refractivity contribution in [2.75, 3.05) is 19.6 Å². The Labute approximate surface area is 104 Å². The molecule has 0 atom stereocenters. The van der Waals surface area contributed by atoms with Crippen LogP contribution in [0.5, 0.6) is 0 Å². The van der Waals surface area contributed by atoms with Crippen molar-refractivity contribution in [2.45, 2.75) is 6.54 Å². The van der Waals surface area contributed by atoms with E-state index in [1.54, 1.807) is 23.1 Å². The average Bonchev–Trinajstić information content (AvgIpc) is 2.26. The Morgan fingerprint density at radius 2 is 2.00 bits per heavy atom. The Kier molecular flexibility index (Phi) is 3.69. The molecule has 5 heteroatoms. The van der Waals surface area contributed by atoms with Crippen molar-refractivity contribution in [1.29, 1.82) is 0 Å². The summed E-state index contributed by atoms with van der Waals surface area (Å²) in [7, 11) is 0. The molecule has 1 aromatic carbocycles. The molecule has 1 amide bonds. The van der Waals surface area contributed by atoms with Gasteiger partial charge in [0.25, 0.3) is 0 Å². The molecule has 86 valence electrons. The minimum Gasteiger partial charge on any atom is -0.336 e. The van der Waals surface area contributed by atoms with Gasteiger partial charge in [-0.2, -0.15) is 0 Å². The van der Waals surface area contributed by atoms with Crippen LogP contribution >= 0.6 is 23.2 Å². The lowest BCUT2D eigenvalue weighted by molar-refractivity contribution is -0.132. The summed E-state index contributed by atoms with van der Waals surface area (Å²) in [4.78, 5) is 13.4. The zero-order chi connectivity index (χ0) is 11.5. The van der Waals surface area contributed by atoms with Crippen molar-refractivity contribution in [3.63, 3.8) is 0 Å². The van der Waals surface area contributed by atoms with E-state index in [0.29, 0.717) is 29.7 Å². The van der Waals surface area contributed by atoms with Crippen LogP contribution in [-0.4, -0.2) is 30.4 Å². The highest BCUT2D eigenvalue weighted by Crippen LogP contribution is 2.25. The first-order valence-corrected chi connectivity index (χ1v) is 5.85. The zero-order valence-corrected chi connectivity index (χ0v) is 10.2. The van der Waals surface area contributed by atoms with Gasteiger partial charge in [0.15, 0.2) is 0 Å². The van der Waals surface area contributed by atoms with Crippen LogP contribution in [0.25, 0.3) is 0 Å². The Morgan fingerprint density at radius 1 is 1.31 bits per heavy atom. The predicted octanol–water partition coefficient (Wildman–Crippen LogP) is 1.93. The maximum Gasteiger partial charge on any atom is 0.236 e. The van der Waals surface area contributed by atoms with Gasteiger partial charge in [-0.3, -0.25) is 4.79 Å². The molecule has 1 aliphatic heterocycles. The quantitative estimate of drug-likeness (QED) is 0.880. The highest BCUT2D eigenvalue weighted by molar-refractivity contribution is 6.36. The lowest BCUT2D eigenvalue weighted by Gasteiger charge is -2.28. The van der Waals surface area contributed by atoms with Crippen molar-refractivity contribution in [1.82, 2.24) is 10.2 Å². The number of piperazine rings is 1. The third kappa shape index (κ3) is 2.48. The molecule has 1 heterocycles. The predicted molar refractivity (Wildman–Crippen MR) is 64.7 cm³/mol. The average molecular weight is 259 g/mol. The van der Waals surface area contributed by atoms with Gasteiger partial charge in [0.05, 0.1) is 6.54 Å². The molecule has 1 saturated heterocycles.